The van der Waals surface area contributed by atoms with Gasteiger partial charge in [-0.2, -0.15) is 0 Å². The number of aliphatic carboxylic acids is 1. The Kier molecular flexibility index (Phi) is 3.87. The van der Waals surface area contributed by atoms with Gasteiger partial charge in [-0.25, -0.2) is 0 Å². The Morgan fingerprint density at radius 3 is 2.50 bits per heavy atom. The number of carboxylic acids is 1. The zero-order chi connectivity index (χ0) is 12.3. The number of rotatable bonds is 4. The molecule has 0 aromatic carbocycles. The van der Waals surface area contributed by atoms with Crippen LogP contribution in [0.2, 0.25) is 0 Å². The number of nitrogens with one attached hydrogen (secondary N) is 2. The Balaban J connectivity index is 2.67. The number of hydrogen-bond acceptors (Lipinski definition) is 3. The molecule has 6 heteroatoms. The quantitative estimate of drug-likeness (QED) is 0.604. The molecule has 0 radical (unpaired) electrons. The van der Waals surface area contributed by atoms with E-state index in [-0.39, 0.29) is 18.2 Å². The van der Waals surface area contributed by atoms with Gasteiger partial charge in [0.15, 0.2) is 0 Å². The molecule has 1 aliphatic heterocycles. The zero-order valence-corrected chi connectivity index (χ0v) is 9.32. The van der Waals surface area contributed by atoms with E-state index in [2.05, 4.69) is 10.6 Å². The zero-order valence-electron chi connectivity index (χ0n) is 9.32. The molecule has 0 bridgehead atoms. The van der Waals surface area contributed by atoms with E-state index < -0.39 is 24.0 Å². The molecule has 0 aromatic heterocycles. The highest BCUT2D eigenvalue weighted by molar-refractivity contribution is 5.98. The molecular formula is C10H16N2O4. The summed E-state index contributed by atoms with van der Waals surface area (Å²) in [7, 11) is 0. The van der Waals surface area contributed by atoms with Crippen molar-refractivity contribution in [1.29, 1.82) is 0 Å². The van der Waals surface area contributed by atoms with Crippen LogP contribution in [0.4, 0.5) is 0 Å². The fourth-order valence-corrected chi connectivity index (χ4v) is 1.60. The summed E-state index contributed by atoms with van der Waals surface area (Å²) in [5.41, 5.74) is 0. The Morgan fingerprint density at radius 1 is 1.38 bits per heavy atom. The summed E-state index contributed by atoms with van der Waals surface area (Å²) >= 11 is 0. The Hall–Kier alpha value is -1.59. The molecule has 0 unspecified atom stereocenters. The molecule has 1 fully saturated rings. The third kappa shape index (κ3) is 2.71. The summed E-state index contributed by atoms with van der Waals surface area (Å²) in [6, 6.07) is -1.51. The van der Waals surface area contributed by atoms with E-state index in [1.807, 2.05) is 13.8 Å². The van der Waals surface area contributed by atoms with Crippen LogP contribution in [0.5, 0.6) is 0 Å². The van der Waals surface area contributed by atoms with Crippen LogP contribution in [0, 0.1) is 5.92 Å². The Bertz CT molecular complexity index is 316. The highest BCUT2D eigenvalue weighted by Crippen LogP contribution is 2.12. The fraction of sp³-hybridized carbons (Fsp3) is 0.700. The minimum absolute atomic E-state index is 0.0368. The molecule has 1 saturated heterocycles. The topological polar surface area (TPSA) is 95.5 Å². The SMILES string of the molecule is CC[C@H](C)[C@@H]1NC(=O)[C@H](CC(=O)O)NC1=O. The van der Waals surface area contributed by atoms with Gasteiger partial charge in [-0.1, -0.05) is 20.3 Å². The number of amides is 2. The predicted octanol–water partition coefficient (Wildman–Crippen LogP) is -0.510. The number of carbonyl (C=O) groups excluding carboxylic acids is 2. The van der Waals surface area contributed by atoms with E-state index in [9.17, 15) is 14.4 Å². The van der Waals surface area contributed by atoms with Gasteiger partial charge >= 0.3 is 5.97 Å². The minimum atomic E-state index is -1.11. The lowest BCUT2D eigenvalue weighted by atomic mass is 9.95. The van der Waals surface area contributed by atoms with Crippen molar-refractivity contribution in [2.45, 2.75) is 38.8 Å². The molecule has 1 rings (SSSR count). The van der Waals surface area contributed by atoms with Crippen LogP contribution < -0.4 is 10.6 Å². The van der Waals surface area contributed by atoms with Crippen molar-refractivity contribution >= 4 is 17.8 Å². The fourth-order valence-electron chi connectivity index (χ4n) is 1.60. The van der Waals surface area contributed by atoms with Gasteiger partial charge < -0.3 is 15.7 Å². The van der Waals surface area contributed by atoms with Crippen molar-refractivity contribution in [3.8, 4) is 0 Å². The summed E-state index contributed by atoms with van der Waals surface area (Å²) in [6.07, 6.45) is 0.382. The van der Waals surface area contributed by atoms with Crippen LogP contribution in [0.3, 0.4) is 0 Å². The molecular weight excluding hydrogens is 212 g/mol. The van der Waals surface area contributed by atoms with Crippen molar-refractivity contribution in [3.05, 3.63) is 0 Å². The van der Waals surface area contributed by atoms with Crippen molar-refractivity contribution < 1.29 is 19.5 Å². The van der Waals surface area contributed by atoms with Gasteiger partial charge in [-0.05, 0) is 5.92 Å². The van der Waals surface area contributed by atoms with E-state index in [1.165, 1.54) is 0 Å². The second kappa shape index (κ2) is 4.96. The maximum atomic E-state index is 11.6. The van der Waals surface area contributed by atoms with Crippen molar-refractivity contribution in [2.24, 2.45) is 5.92 Å². The third-order valence-electron chi connectivity index (χ3n) is 2.80. The molecule has 3 N–H and O–H groups in total. The Morgan fingerprint density at radius 2 is 2.00 bits per heavy atom. The van der Waals surface area contributed by atoms with E-state index in [0.717, 1.165) is 6.42 Å². The second-order valence-electron chi connectivity index (χ2n) is 4.03. The van der Waals surface area contributed by atoms with E-state index >= 15 is 0 Å². The maximum absolute atomic E-state index is 11.6. The second-order valence-corrected chi connectivity index (χ2v) is 4.03. The molecule has 1 aliphatic rings. The summed E-state index contributed by atoms with van der Waals surface area (Å²) in [6.45, 7) is 3.79. The number of carbonyl (C=O) groups is 3. The van der Waals surface area contributed by atoms with Gasteiger partial charge in [-0.3, -0.25) is 14.4 Å². The van der Waals surface area contributed by atoms with Crippen molar-refractivity contribution in [3.63, 3.8) is 0 Å². The normalized spacial score (nSPS) is 26.9. The molecule has 2 amide bonds. The van der Waals surface area contributed by atoms with Crippen molar-refractivity contribution in [2.75, 3.05) is 0 Å². The largest absolute Gasteiger partial charge is 0.481 e. The lowest BCUT2D eigenvalue weighted by Crippen LogP contribution is -2.63. The van der Waals surface area contributed by atoms with Gasteiger partial charge in [0.25, 0.3) is 0 Å². The molecule has 3 atom stereocenters. The highest BCUT2D eigenvalue weighted by Gasteiger charge is 2.36. The molecule has 0 saturated carbocycles. The van der Waals surface area contributed by atoms with Crippen LogP contribution >= 0.6 is 0 Å². The van der Waals surface area contributed by atoms with Crippen LogP contribution in [-0.4, -0.2) is 35.0 Å². The third-order valence-corrected chi connectivity index (χ3v) is 2.80. The van der Waals surface area contributed by atoms with Crippen molar-refractivity contribution in [1.82, 2.24) is 10.6 Å². The average molecular weight is 228 g/mol. The summed E-state index contributed by atoms with van der Waals surface area (Å²) in [5, 5.41) is 13.5. The van der Waals surface area contributed by atoms with E-state index in [0.29, 0.717) is 0 Å². The first kappa shape index (κ1) is 12.5. The molecule has 0 aliphatic carbocycles. The van der Waals surface area contributed by atoms with Gasteiger partial charge in [0.2, 0.25) is 11.8 Å². The summed E-state index contributed by atoms with van der Waals surface area (Å²) < 4.78 is 0. The first-order valence-corrected chi connectivity index (χ1v) is 5.28. The maximum Gasteiger partial charge on any atom is 0.305 e. The monoisotopic (exact) mass is 228 g/mol. The summed E-state index contributed by atoms with van der Waals surface area (Å²) in [5.74, 6) is -1.80. The first-order valence-electron chi connectivity index (χ1n) is 5.28. The summed E-state index contributed by atoms with van der Waals surface area (Å²) in [4.78, 5) is 33.6. The van der Waals surface area contributed by atoms with E-state index in [4.69, 9.17) is 5.11 Å². The van der Waals surface area contributed by atoms with Gasteiger partial charge in [0, 0.05) is 0 Å². The molecule has 0 aromatic rings. The Labute approximate surface area is 93.4 Å². The number of piperazine rings is 1. The highest BCUT2D eigenvalue weighted by atomic mass is 16.4. The smallest absolute Gasteiger partial charge is 0.305 e. The van der Waals surface area contributed by atoms with Crippen LogP contribution in [0.1, 0.15) is 26.7 Å². The molecule has 90 valence electrons. The standard InChI is InChI=1S/C10H16N2O4/c1-3-5(2)8-10(16)11-6(4-7(13)14)9(15)12-8/h5-6,8H,3-4H2,1-2H3,(H,11,16)(H,12,15)(H,13,14)/t5-,6-,8-/m0/s1. The van der Waals surface area contributed by atoms with Gasteiger partial charge in [0.05, 0.1) is 6.42 Å². The average Bonchev–Trinajstić information content (AvgIpc) is 2.21. The number of carboxylic acid groups (broad SMARTS) is 1. The van der Waals surface area contributed by atoms with Crippen LogP contribution in [0.15, 0.2) is 0 Å². The van der Waals surface area contributed by atoms with Gasteiger partial charge in [-0.15, -0.1) is 0 Å². The lowest BCUT2D eigenvalue weighted by Gasteiger charge is -2.31. The minimum Gasteiger partial charge on any atom is -0.481 e. The molecule has 0 spiro atoms. The van der Waals surface area contributed by atoms with Crippen LogP contribution in [-0.2, 0) is 14.4 Å². The predicted molar refractivity (Wildman–Crippen MR) is 55.6 cm³/mol. The molecule has 1 heterocycles. The molecule has 16 heavy (non-hydrogen) atoms. The first-order chi connectivity index (χ1) is 7.45. The van der Waals surface area contributed by atoms with Crippen LogP contribution in [0.25, 0.3) is 0 Å². The van der Waals surface area contributed by atoms with Gasteiger partial charge in [0.1, 0.15) is 12.1 Å². The lowest BCUT2D eigenvalue weighted by molar-refractivity contribution is -0.143. The molecule has 6 nitrogen and oxygen atoms in total. The van der Waals surface area contributed by atoms with E-state index in [1.54, 1.807) is 0 Å². The number of hydrogen-bond donors (Lipinski definition) is 3.